The predicted molar refractivity (Wildman–Crippen MR) is 94.8 cm³/mol. The number of hydrogen-bond acceptors (Lipinski definition) is 5. The highest BCUT2D eigenvalue weighted by Crippen LogP contribution is 2.21. The number of thioether (sulfide) groups is 1. The summed E-state index contributed by atoms with van der Waals surface area (Å²) in [7, 11) is 0. The predicted octanol–water partition coefficient (Wildman–Crippen LogP) is 3.15. The van der Waals surface area contributed by atoms with Gasteiger partial charge in [-0.15, -0.1) is 5.10 Å². The highest BCUT2D eigenvalue weighted by molar-refractivity contribution is 7.99. The molecule has 0 aliphatic carbocycles. The molecule has 0 saturated carbocycles. The number of carbonyl (C=O) groups excluding carboxylic acids is 1. The Balaban J connectivity index is 1.63. The Morgan fingerprint density at radius 1 is 1.20 bits per heavy atom. The van der Waals surface area contributed by atoms with Crippen molar-refractivity contribution in [1.29, 1.82) is 0 Å². The molecule has 0 bridgehead atoms. The third-order valence-corrected chi connectivity index (χ3v) is 4.33. The molecule has 1 aromatic carbocycles. The molecular formula is C17H16FN5OS. The summed E-state index contributed by atoms with van der Waals surface area (Å²) in [5.41, 5.74) is 1.55. The number of carbonyl (C=O) groups is 1. The van der Waals surface area contributed by atoms with E-state index in [1.165, 1.54) is 23.9 Å². The average Bonchev–Trinajstić information content (AvgIpc) is 3.12. The van der Waals surface area contributed by atoms with Crippen LogP contribution in [0.2, 0.25) is 0 Å². The molecule has 8 heteroatoms. The van der Waals surface area contributed by atoms with Crippen LogP contribution in [0.5, 0.6) is 0 Å². The molecule has 3 aromatic rings. The summed E-state index contributed by atoms with van der Waals surface area (Å²) < 4.78 is 13.0. The van der Waals surface area contributed by atoms with E-state index >= 15 is 0 Å². The Labute approximate surface area is 148 Å². The fraction of sp³-hybridized carbons (Fsp3) is 0.176. The monoisotopic (exact) mass is 357 g/mol. The van der Waals surface area contributed by atoms with Crippen molar-refractivity contribution in [3.63, 3.8) is 0 Å². The molecule has 128 valence electrons. The van der Waals surface area contributed by atoms with Gasteiger partial charge in [-0.2, -0.15) is 0 Å². The number of halogens is 1. The second-order valence-electron chi connectivity index (χ2n) is 5.11. The van der Waals surface area contributed by atoms with Gasteiger partial charge in [0.05, 0.1) is 5.75 Å². The molecule has 0 spiro atoms. The topological polar surface area (TPSA) is 74.8 Å². The zero-order chi connectivity index (χ0) is 17.6. The summed E-state index contributed by atoms with van der Waals surface area (Å²) in [5, 5.41) is 7.47. The lowest BCUT2D eigenvalue weighted by atomic mass is 10.3. The summed E-state index contributed by atoms with van der Waals surface area (Å²) >= 11 is 1.25. The number of benzene rings is 1. The van der Waals surface area contributed by atoms with Crippen LogP contribution in [-0.2, 0) is 4.79 Å². The summed E-state index contributed by atoms with van der Waals surface area (Å²) in [4.78, 5) is 22.4. The van der Waals surface area contributed by atoms with Crippen LogP contribution in [0.1, 0.15) is 6.92 Å². The van der Waals surface area contributed by atoms with Crippen molar-refractivity contribution < 1.29 is 9.18 Å². The number of rotatable bonds is 6. The maximum Gasteiger partial charge on any atom is 0.237 e. The molecule has 0 unspecified atom stereocenters. The highest BCUT2D eigenvalue weighted by Gasteiger charge is 2.16. The van der Waals surface area contributed by atoms with Crippen molar-refractivity contribution in [2.75, 3.05) is 17.2 Å². The first-order valence-corrected chi connectivity index (χ1v) is 8.67. The molecule has 0 fully saturated rings. The SMILES string of the molecule is CCN(C(=O)CSc1n[nH]c(-c2ccncc2)n1)c1ccc(F)cc1. The number of amides is 1. The smallest absolute Gasteiger partial charge is 0.237 e. The molecule has 3 rings (SSSR count). The maximum atomic E-state index is 13.0. The lowest BCUT2D eigenvalue weighted by Crippen LogP contribution is -2.32. The zero-order valence-corrected chi connectivity index (χ0v) is 14.3. The summed E-state index contributed by atoms with van der Waals surface area (Å²) in [6.07, 6.45) is 3.35. The first-order chi connectivity index (χ1) is 12.2. The Kier molecular flexibility index (Phi) is 5.39. The molecule has 0 radical (unpaired) electrons. The van der Waals surface area contributed by atoms with Crippen LogP contribution in [0.4, 0.5) is 10.1 Å². The number of nitrogens with one attached hydrogen (secondary N) is 1. The zero-order valence-electron chi connectivity index (χ0n) is 13.5. The first kappa shape index (κ1) is 17.1. The highest BCUT2D eigenvalue weighted by atomic mass is 32.2. The van der Waals surface area contributed by atoms with E-state index in [1.54, 1.807) is 29.4 Å². The molecule has 1 N–H and O–H groups in total. The largest absolute Gasteiger partial charge is 0.312 e. The molecule has 25 heavy (non-hydrogen) atoms. The van der Waals surface area contributed by atoms with Gasteiger partial charge in [-0.05, 0) is 43.3 Å². The van der Waals surface area contributed by atoms with Gasteiger partial charge in [0.15, 0.2) is 5.82 Å². The molecule has 6 nitrogen and oxygen atoms in total. The van der Waals surface area contributed by atoms with E-state index in [0.717, 1.165) is 5.56 Å². The quantitative estimate of drug-likeness (QED) is 0.686. The van der Waals surface area contributed by atoms with E-state index in [-0.39, 0.29) is 17.5 Å². The van der Waals surface area contributed by atoms with Crippen LogP contribution in [0, 0.1) is 5.82 Å². The lowest BCUT2D eigenvalue weighted by Gasteiger charge is -2.20. The molecular weight excluding hydrogens is 341 g/mol. The van der Waals surface area contributed by atoms with Gasteiger partial charge in [0.2, 0.25) is 11.1 Å². The van der Waals surface area contributed by atoms with Crippen LogP contribution in [0.15, 0.2) is 53.9 Å². The standard InChI is InChI=1S/C17H16FN5OS/c1-2-23(14-5-3-13(18)4-6-14)15(24)11-25-17-20-16(21-22-17)12-7-9-19-10-8-12/h3-10H,2,11H2,1H3,(H,20,21,22). The van der Waals surface area contributed by atoms with Crippen molar-refractivity contribution in [2.24, 2.45) is 0 Å². The normalized spacial score (nSPS) is 10.6. The van der Waals surface area contributed by atoms with Crippen LogP contribution >= 0.6 is 11.8 Å². The molecule has 0 aliphatic rings. The van der Waals surface area contributed by atoms with Crippen LogP contribution < -0.4 is 4.90 Å². The van der Waals surface area contributed by atoms with Crippen molar-refractivity contribution in [3.8, 4) is 11.4 Å². The van der Waals surface area contributed by atoms with E-state index in [9.17, 15) is 9.18 Å². The van der Waals surface area contributed by atoms with Crippen molar-refractivity contribution >= 4 is 23.4 Å². The van der Waals surface area contributed by atoms with Gasteiger partial charge < -0.3 is 4.90 Å². The number of anilines is 1. The first-order valence-electron chi connectivity index (χ1n) is 7.69. The molecule has 1 amide bonds. The molecule has 2 heterocycles. The Morgan fingerprint density at radius 2 is 1.92 bits per heavy atom. The van der Waals surface area contributed by atoms with Gasteiger partial charge in [0.1, 0.15) is 5.82 Å². The molecule has 0 aliphatic heterocycles. The third kappa shape index (κ3) is 4.21. The Hall–Kier alpha value is -2.74. The second-order valence-corrected chi connectivity index (χ2v) is 6.05. The van der Waals surface area contributed by atoms with Gasteiger partial charge >= 0.3 is 0 Å². The number of H-pyrrole nitrogens is 1. The van der Waals surface area contributed by atoms with Crippen LogP contribution in [0.3, 0.4) is 0 Å². The van der Waals surface area contributed by atoms with Crippen molar-refractivity contribution in [3.05, 3.63) is 54.6 Å². The van der Waals surface area contributed by atoms with Crippen LogP contribution in [-0.4, -0.2) is 38.4 Å². The average molecular weight is 357 g/mol. The van der Waals surface area contributed by atoms with E-state index < -0.39 is 0 Å². The number of aromatic nitrogens is 4. The van der Waals surface area contributed by atoms with Crippen LogP contribution in [0.25, 0.3) is 11.4 Å². The number of aromatic amines is 1. The maximum absolute atomic E-state index is 13.0. The summed E-state index contributed by atoms with van der Waals surface area (Å²) in [5.74, 6) is 0.405. The summed E-state index contributed by atoms with van der Waals surface area (Å²) in [6.45, 7) is 2.38. The minimum absolute atomic E-state index is 0.0885. The van der Waals surface area contributed by atoms with E-state index in [1.807, 2.05) is 19.1 Å². The van der Waals surface area contributed by atoms with E-state index in [4.69, 9.17) is 0 Å². The minimum atomic E-state index is -0.328. The Morgan fingerprint density at radius 3 is 2.60 bits per heavy atom. The second kappa shape index (κ2) is 7.89. The molecule has 0 saturated heterocycles. The fourth-order valence-corrected chi connectivity index (χ4v) is 2.95. The third-order valence-electron chi connectivity index (χ3n) is 3.50. The van der Waals surface area contributed by atoms with Gasteiger partial charge in [-0.25, -0.2) is 9.37 Å². The van der Waals surface area contributed by atoms with Gasteiger partial charge in [0.25, 0.3) is 0 Å². The molecule has 2 aromatic heterocycles. The van der Waals surface area contributed by atoms with Crippen molar-refractivity contribution in [2.45, 2.75) is 12.1 Å². The minimum Gasteiger partial charge on any atom is -0.312 e. The van der Waals surface area contributed by atoms with Gasteiger partial charge in [0, 0.05) is 30.2 Å². The van der Waals surface area contributed by atoms with Gasteiger partial charge in [-0.3, -0.25) is 14.9 Å². The fourth-order valence-electron chi connectivity index (χ4n) is 2.28. The lowest BCUT2D eigenvalue weighted by molar-refractivity contribution is -0.116. The van der Waals surface area contributed by atoms with E-state index in [0.29, 0.717) is 23.2 Å². The number of pyridine rings is 1. The molecule has 0 atom stereocenters. The number of nitrogens with zero attached hydrogens (tertiary/aromatic N) is 4. The van der Waals surface area contributed by atoms with Gasteiger partial charge in [-0.1, -0.05) is 11.8 Å². The van der Waals surface area contributed by atoms with E-state index in [2.05, 4.69) is 20.2 Å². The number of hydrogen-bond donors (Lipinski definition) is 1. The van der Waals surface area contributed by atoms with Crippen molar-refractivity contribution in [1.82, 2.24) is 20.2 Å². The Bertz CT molecular complexity index is 838. The summed E-state index contributed by atoms with van der Waals surface area (Å²) in [6, 6.07) is 9.52.